The Morgan fingerprint density at radius 2 is 1.86 bits per heavy atom. The van der Waals surface area contributed by atoms with Crippen LogP contribution >= 0.6 is 11.6 Å². The highest BCUT2D eigenvalue weighted by molar-refractivity contribution is 6.33. The van der Waals surface area contributed by atoms with Gasteiger partial charge in [-0.1, -0.05) is 29.8 Å². The monoisotopic (exact) mass is 204 g/mol. The Morgan fingerprint density at radius 1 is 1.07 bits per heavy atom. The summed E-state index contributed by atoms with van der Waals surface area (Å²) in [5.41, 5.74) is 8.43. The topological polar surface area (TPSA) is 38.9 Å². The van der Waals surface area contributed by atoms with Gasteiger partial charge in [-0.15, -0.1) is 0 Å². The van der Waals surface area contributed by atoms with Crippen molar-refractivity contribution < 1.29 is 0 Å². The molecule has 0 fully saturated rings. The predicted octanol–water partition coefficient (Wildman–Crippen LogP) is 2.98. The first-order chi connectivity index (χ1) is 6.79. The first kappa shape index (κ1) is 9.03. The van der Waals surface area contributed by atoms with Crippen LogP contribution in [0.3, 0.4) is 0 Å². The summed E-state index contributed by atoms with van der Waals surface area (Å²) >= 11 is 6.01. The Bertz CT molecular complexity index is 411. The minimum atomic E-state index is 0.616. The fourth-order valence-electron chi connectivity index (χ4n) is 1.34. The van der Waals surface area contributed by atoms with E-state index in [1.165, 1.54) is 0 Å². The van der Waals surface area contributed by atoms with Crippen LogP contribution in [0.4, 0.5) is 5.69 Å². The van der Waals surface area contributed by atoms with E-state index in [9.17, 15) is 0 Å². The van der Waals surface area contributed by atoms with Gasteiger partial charge in [-0.3, -0.25) is 4.98 Å². The van der Waals surface area contributed by atoms with Gasteiger partial charge in [0.25, 0.3) is 0 Å². The van der Waals surface area contributed by atoms with Crippen LogP contribution in [0.2, 0.25) is 5.02 Å². The first-order valence-corrected chi connectivity index (χ1v) is 4.61. The third kappa shape index (κ3) is 1.56. The lowest BCUT2D eigenvalue weighted by Gasteiger charge is -2.06. The largest absolute Gasteiger partial charge is 0.398 e. The van der Waals surface area contributed by atoms with E-state index in [0.29, 0.717) is 5.02 Å². The molecule has 0 saturated heterocycles. The zero-order chi connectivity index (χ0) is 9.97. The molecule has 0 saturated carbocycles. The maximum Gasteiger partial charge on any atom is 0.0668 e. The number of hydrogen-bond acceptors (Lipinski definition) is 2. The molecule has 1 aromatic carbocycles. The van der Waals surface area contributed by atoms with Crippen LogP contribution in [0.15, 0.2) is 42.7 Å². The third-order valence-electron chi connectivity index (χ3n) is 2.02. The molecule has 0 amide bonds. The fraction of sp³-hybridized carbons (Fsp3) is 0. The molecule has 14 heavy (non-hydrogen) atoms. The summed E-state index contributed by atoms with van der Waals surface area (Å²) in [6, 6.07) is 9.48. The summed E-state index contributed by atoms with van der Waals surface area (Å²) in [6.07, 6.45) is 3.32. The molecule has 70 valence electrons. The number of benzene rings is 1. The van der Waals surface area contributed by atoms with Gasteiger partial charge in [0, 0.05) is 29.2 Å². The quantitative estimate of drug-likeness (QED) is 0.726. The van der Waals surface area contributed by atoms with Crippen molar-refractivity contribution in [1.82, 2.24) is 4.98 Å². The van der Waals surface area contributed by atoms with Crippen LogP contribution in [0.1, 0.15) is 0 Å². The van der Waals surface area contributed by atoms with E-state index in [-0.39, 0.29) is 0 Å². The molecule has 0 atom stereocenters. The number of halogens is 1. The normalized spacial score (nSPS) is 10.1. The molecular formula is C11H9ClN2. The maximum absolute atomic E-state index is 6.01. The highest BCUT2D eigenvalue weighted by Gasteiger charge is 2.04. The van der Waals surface area contributed by atoms with Crippen molar-refractivity contribution >= 4 is 17.3 Å². The highest BCUT2D eigenvalue weighted by atomic mass is 35.5. The Balaban J connectivity index is 2.61. The standard InChI is InChI=1S/C11H9ClN2/c12-10-7-14-6-5-8(10)9-3-1-2-4-11(9)13/h1-7H,13H2. The summed E-state index contributed by atoms with van der Waals surface area (Å²) in [5, 5.41) is 0.616. The van der Waals surface area contributed by atoms with Gasteiger partial charge < -0.3 is 5.73 Å². The van der Waals surface area contributed by atoms with Crippen molar-refractivity contribution in [2.75, 3.05) is 5.73 Å². The Hall–Kier alpha value is -1.54. The smallest absolute Gasteiger partial charge is 0.0668 e. The zero-order valence-corrected chi connectivity index (χ0v) is 8.20. The van der Waals surface area contributed by atoms with Crippen molar-refractivity contribution in [1.29, 1.82) is 0 Å². The molecule has 0 aliphatic heterocycles. The fourth-order valence-corrected chi connectivity index (χ4v) is 1.56. The number of aromatic nitrogens is 1. The molecule has 0 bridgehead atoms. The lowest BCUT2D eigenvalue weighted by molar-refractivity contribution is 1.33. The van der Waals surface area contributed by atoms with Crippen LogP contribution in [-0.2, 0) is 0 Å². The molecule has 0 aliphatic carbocycles. The van der Waals surface area contributed by atoms with Crippen molar-refractivity contribution in [3.63, 3.8) is 0 Å². The number of nitrogen functional groups attached to an aromatic ring is 1. The molecule has 2 nitrogen and oxygen atoms in total. The zero-order valence-electron chi connectivity index (χ0n) is 7.44. The first-order valence-electron chi connectivity index (χ1n) is 4.23. The van der Waals surface area contributed by atoms with Gasteiger partial charge in [0.05, 0.1) is 5.02 Å². The molecule has 0 unspecified atom stereocenters. The number of anilines is 1. The molecule has 0 radical (unpaired) electrons. The molecular weight excluding hydrogens is 196 g/mol. The molecule has 2 rings (SSSR count). The van der Waals surface area contributed by atoms with Crippen LogP contribution in [-0.4, -0.2) is 4.98 Å². The van der Waals surface area contributed by atoms with Crippen LogP contribution in [0.5, 0.6) is 0 Å². The lowest BCUT2D eigenvalue weighted by Crippen LogP contribution is -1.89. The van der Waals surface area contributed by atoms with Gasteiger partial charge in [-0.2, -0.15) is 0 Å². The van der Waals surface area contributed by atoms with Crippen molar-refractivity contribution in [2.24, 2.45) is 0 Å². The van der Waals surface area contributed by atoms with Crippen LogP contribution < -0.4 is 5.73 Å². The minimum absolute atomic E-state index is 0.616. The number of nitrogens with two attached hydrogens (primary N) is 1. The third-order valence-corrected chi connectivity index (χ3v) is 2.32. The average molecular weight is 205 g/mol. The summed E-state index contributed by atoms with van der Waals surface area (Å²) < 4.78 is 0. The SMILES string of the molecule is Nc1ccccc1-c1ccncc1Cl. The highest BCUT2D eigenvalue weighted by Crippen LogP contribution is 2.30. The van der Waals surface area contributed by atoms with Gasteiger partial charge in [0.2, 0.25) is 0 Å². The van der Waals surface area contributed by atoms with E-state index in [4.69, 9.17) is 17.3 Å². The molecule has 2 aromatic rings. The summed E-state index contributed by atoms with van der Waals surface area (Å²) in [6.45, 7) is 0. The van der Waals surface area contributed by atoms with E-state index in [2.05, 4.69) is 4.98 Å². The summed E-state index contributed by atoms with van der Waals surface area (Å²) in [5.74, 6) is 0. The van der Waals surface area contributed by atoms with E-state index < -0.39 is 0 Å². The lowest BCUT2D eigenvalue weighted by atomic mass is 10.1. The summed E-state index contributed by atoms with van der Waals surface area (Å²) in [7, 11) is 0. The number of hydrogen-bond donors (Lipinski definition) is 1. The predicted molar refractivity (Wildman–Crippen MR) is 59.1 cm³/mol. The van der Waals surface area contributed by atoms with E-state index in [1.807, 2.05) is 30.3 Å². The number of nitrogens with zero attached hydrogens (tertiary/aromatic N) is 1. The van der Waals surface area contributed by atoms with Gasteiger partial charge >= 0.3 is 0 Å². The van der Waals surface area contributed by atoms with Crippen LogP contribution in [0, 0.1) is 0 Å². The average Bonchev–Trinajstić information content (AvgIpc) is 2.20. The second kappa shape index (κ2) is 3.68. The maximum atomic E-state index is 6.01. The molecule has 0 spiro atoms. The molecule has 1 aromatic heterocycles. The second-order valence-electron chi connectivity index (χ2n) is 2.94. The van der Waals surface area contributed by atoms with Crippen molar-refractivity contribution in [2.45, 2.75) is 0 Å². The Morgan fingerprint density at radius 3 is 2.57 bits per heavy atom. The van der Waals surface area contributed by atoms with E-state index in [0.717, 1.165) is 16.8 Å². The summed E-state index contributed by atoms with van der Waals surface area (Å²) in [4.78, 5) is 3.93. The molecule has 0 aliphatic rings. The van der Waals surface area contributed by atoms with Gasteiger partial charge in [0.1, 0.15) is 0 Å². The Labute approximate surface area is 87.4 Å². The van der Waals surface area contributed by atoms with E-state index in [1.54, 1.807) is 12.4 Å². The number of rotatable bonds is 1. The van der Waals surface area contributed by atoms with E-state index >= 15 is 0 Å². The Kier molecular flexibility index (Phi) is 2.37. The molecule has 2 N–H and O–H groups in total. The van der Waals surface area contributed by atoms with Crippen LogP contribution in [0.25, 0.3) is 11.1 Å². The van der Waals surface area contributed by atoms with Gasteiger partial charge in [-0.25, -0.2) is 0 Å². The van der Waals surface area contributed by atoms with Crippen molar-refractivity contribution in [3.8, 4) is 11.1 Å². The number of para-hydroxylation sites is 1. The minimum Gasteiger partial charge on any atom is -0.398 e. The molecule has 3 heteroatoms. The number of pyridine rings is 1. The second-order valence-corrected chi connectivity index (χ2v) is 3.35. The van der Waals surface area contributed by atoms with Crippen molar-refractivity contribution in [3.05, 3.63) is 47.7 Å². The van der Waals surface area contributed by atoms with Gasteiger partial charge in [-0.05, 0) is 12.1 Å². The molecule has 1 heterocycles. The van der Waals surface area contributed by atoms with Gasteiger partial charge in [0.15, 0.2) is 0 Å².